The maximum absolute atomic E-state index is 12.3. The maximum atomic E-state index is 12.3. The van der Waals surface area contributed by atoms with Crippen molar-refractivity contribution in [2.24, 2.45) is 5.10 Å². The molecule has 2 heterocycles. The summed E-state index contributed by atoms with van der Waals surface area (Å²) >= 11 is 0. The van der Waals surface area contributed by atoms with E-state index >= 15 is 0 Å². The number of hydrogen-bond acceptors (Lipinski definition) is 5. The van der Waals surface area contributed by atoms with E-state index in [0.717, 1.165) is 23.3 Å². The SMILES string of the molecule is COc1ncccc1CNC(=O)CCC(=O)N1CCC(c2ccccc2)=N1. The number of hydrogen-bond donors (Lipinski definition) is 1. The molecule has 0 radical (unpaired) electrons. The first kappa shape index (κ1) is 18.6. The summed E-state index contributed by atoms with van der Waals surface area (Å²) in [5.74, 6) is 0.143. The predicted molar refractivity (Wildman–Crippen MR) is 101 cm³/mol. The zero-order valence-electron chi connectivity index (χ0n) is 15.2. The molecule has 140 valence electrons. The first-order chi connectivity index (χ1) is 13.2. The van der Waals surface area contributed by atoms with Gasteiger partial charge < -0.3 is 10.1 Å². The normalized spacial score (nSPS) is 13.2. The van der Waals surface area contributed by atoms with Gasteiger partial charge in [0.05, 0.1) is 19.4 Å². The van der Waals surface area contributed by atoms with Gasteiger partial charge in [-0.25, -0.2) is 9.99 Å². The summed E-state index contributed by atoms with van der Waals surface area (Å²) in [6.45, 7) is 0.863. The van der Waals surface area contributed by atoms with E-state index in [1.165, 1.54) is 12.1 Å². The van der Waals surface area contributed by atoms with Crippen LogP contribution in [0.1, 0.15) is 30.4 Å². The molecule has 0 spiro atoms. The topological polar surface area (TPSA) is 83.9 Å². The van der Waals surface area contributed by atoms with Crippen molar-refractivity contribution in [3.8, 4) is 5.88 Å². The van der Waals surface area contributed by atoms with E-state index < -0.39 is 0 Å². The molecule has 7 heteroatoms. The van der Waals surface area contributed by atoms with E-state index in [-0.39, 0.29) is 24.7 Å². The van der Waals surface area contributed by atoms with Crippen LogP contribution in [0.3, 0.4) is 0 Å². The van der Waals surface area contributed by atoms with Crippen LogP contribution in [0.15, 0.2) is 53.8 Å². The third kappa shape index (κ3) is 4.91. The molecule has 2 aromatic rings. The van der Waals surface area contributed by atoms with Crippen LogP contribution in [0.4, 0.5) is 0 Å². The number of aromatic nitrogens is 1. The second-order valence-corrected chi connectivity index (χ2v) is 6.13. The molecule has 1 aliphatic rings. The molecule has 1 aliphatic heterocycles. The van der Waals surface area contributed by atoms with Crippen LogP contribution in [0.25, 0.3) is 0 Å². The molecule has 0 aliphatic carbocycles. The Bertz CT molecular complexity index is 836. The van der Waals surface area contributed by atoms with Gasteiger partial charge in [-0.1, -0.05) is 36.4 Å². The standard InChI is InChI=1S/C20H22N4O3/c1-27-20-16(8-5-12-21-20)14-22-18(25)9-10-19(26)24-13-11-17(23-24)15-6-3-2-4-7-15/h2-8,12H,9-11,13-14H2,1H3,(H,22,25). The van der Waals surface area contributed by atoms with E-state index in [9.17, 15) is 9.59 Å². The Morgan fingerprint density at radius 1 is 1.15 bits per heavy atom. The monoisotopic (exact) mass is 366 g/mol. The van der Waals surface area contributed by atoms with Gasteiger partial charge in [-0.05, 0) is 11.6 Å². The highest BCUT2D eigenvalue weighted by Crippen LogP contribution is 2.15. The van der Waals surface area contributed by atoms with Crippen LogP contribution >= 0.6 is 0 Å². The molecular weight excluding hydrogens is 344 g/mol. The van der Waals surface area contributed by atoms with Crippen molar-refractivity contribution >= 4 is 17.5 Å². The minimum Gasteiger partial charge on any atom is -0.481 e. The van der Waals surface area contributed by atoms with Gasteiger partial charge in [0, 0.05) is 37.6 Å². The molecule has 3 rings (SSSR count). The van der Waals surface area contributed by atoms with E-state index in [1.807, 2.05) is 36.4 Å². The number of nitrogens with one attached hydrogen (secondary N) is 1. The van der Waals surface area contributed by atoms with Crippen molar-refractivity contribution in [3.63, 3.8) is 0 Å². The maximum Gasteiger partial charge on any atom is 0.243 e. The molecule has 0 saturated carbocycles. The summed E-state index contributed by atoms with van der Waals surface area (Å²) in [5.41, 5.74) is 2.71. The number of rotatable bonds is 7. The molecule has 0 bridgehead atoms. The second kappa shape index (κ2) is 8.93. The largest absolute Gasteiger partial charge is 0.481 e. The molecule has 0 saturated heterocycles. The lowest BCUT2D eigenvalue weighted by molar-refractivity contribution is -0.133. The molecule has 0 atom stereocenters. The number of pyridine rings is 1. The van der Waals surface area contributed by atoms with Crippen LogP contribution in [0.2, 0.25) is 0 Å². The lowest BCUT2D eigenvalue weighted by atomic mass is 10.1. The minimum atomic E-state index is -0.194. The van der Waals surface area contributed by atoms with E-state index in [1.54, 1.807) is 12.3 Å². The van der Waals surface area contributed by atoms with Crippen LogP contribution in [-0.4, -0.2) is 41.2 Å². The number of hydrazone groups is 1. The van der Waals surface area contributed by atoms with Gasteiger partial charge in [0.1, 0.15) is 0 Å². The molecule has 7 nitrogen and oxygen atoms in total. The number of nitrogens with zero attached hydrogens (tertiary/aromatic N) is 3. The fourth-order valence-corrected chi connectivity index (χ4v) is 2.84. The van der Waals surface area contributed by atoms with Crippen LogP contribution in [0, 0.1) is 0 Å². The van der Waals surface area contributed by atoms with Gasteiger partial charge in [0.25, 0.3) is 0 Å². The molecule has 2 amide bonds. The third-order valence-electron chi connectivity index (χ3n) is 4.28. The minimum absolute atomic E-state index is 0.119. The van der Waals surface area contributed by atoms with E-state index in [0.29, 0.717) is 19.0 Å². The van der Waals surface area contributed by atoms with Crippen molar-refractivity contribution in [3.05, 3.63) is 59.8 Å². The number of ether oxygens (including phenoxy) is 1. The number of carbonyl (C=O) groups excluding carboxylic acids is 2. The number of benzene rings is 1. The Morgan fingerprint density at radius 3 is 2.74 bits per heavy atom. The highest BCUT2D eigenvalue weighted by Gasteiger charge is 2.21. The summed E-state index contributed by atoms with van der Waals surface area (Å²) in [6.07, 6.45) is 2.60. The zero-order chi connectivity index (χ0) is 19.1. The van der Waals surface area contributed by atoms with E-state index in [2.05, 4.69) is 15.4 Å². The number of methoxy groups -OCH3 is 1. The molecular formula is C20H22N4O3. The first-order valence-electron chi connectivity index (χ1n) is 8.85. The van der Waals surface area contributed by atoms with Gasteiger partial charge in [0.15, 0.2) is 0 Å². The first-order valence-corrected chi connectivity index (χ1v) is 8.85. The quantitative estimate of drug-likeness (QED) is 0.814. The molecule has 1 aromatic heterocycles. The number of amides is 2. The van der Waals surface area contributed by atoms with Crippen molar-refractivity contribution in [1.29, 1.82) is 0 Å². The van der Waals surface area contributed by atoms with Crippen molar-refractivity contribution in [2.45, 2.75) is 25.8 Å². The summed E-state index contributed by atoms with van der Waals surface area (Å²) in [4.78, 5) is 28.4. The number of carbonyl (C=O) groups is 2. The Kier molecular flexibility index (Phi) is 6.14. The average Bonchev–Trinajstić information content (AvgIpc) is 3.21. The molecule has 1 aromatic carbocycles. The van der Waals surface area contributed by atoms with Crippen LogP contribution < -0.4 is 10.1 Å². The Labute approximate surface area is 158 Å². The highest BCUT2D eigenvalue weighted by molar-refractivity contribution is 6.02. The molecule has 27 heavy (non-hydrogen) atoms. The zero-order valence-corrected chi connectivity index (χ0v) is 15.2. The summed E-state index contributed by atoms with van der Waals surface area (Å²) in [6, 6.07) is 13.4. The Hall–Kier alpha value is -3.22. The summed E-state index contributed by atoms with van der Waals surface area (Å²) in [5, 5.41) is 8.64. The highest BCUT2D eigenvalue weighted by atomic mass is 16.5. The smallest absolute Gasteiger partial charge is 0.243 e. The van der Waals surface area contributed by atoms with Gasteiger partial charge in [0.2, 0.25) is 17.7 Å². The van der Waals surface area contributed by atoms with Gasteiger partial charge in [-0.2, -0.15) is 5.10 Å². The predicted octanol–water partition coefficient (Wildman–Crippen LogP) is 2.12. The van der Waals surface area contributed by atoms with Gasteiger partial charge in [-0.15, -0.1) is 0 Å². The average molecular weight is 366 g/mol. The van der Waals surface area contributed by atoms with Gasteiger partial charge >= 0.3 is 0 Å². The summed E-state index contributed by atoms with van der Waals surface area (Å²) in [7, 11) is 1.53. The van der Waals surface area contributed by atoms with E-state index in [4.69, 9.17) is 4.74 Å². The second-order valence-electron chi connectivity index (χ2n) is 6.13. The van der Waals surface area contributed by atoms with Crippen LogP contribution in [-0.2, 0) is 16.1 Å². The molecule has 1 N–H and O–H groups in total. The fourth-order valence-electron chi connectivity index (χ4n) is 2.84. The van der Waals surface area contributed by atoms with Crippen molar-refractivity contribution < 1.29 is 14.3 Å². The van der Waals surface area contributed by atoms with Crippen molar-refractivity contribution in [1.82, 2.24) is 15.3 Å². The Morgan fingerprint density at radius 2 is 1.96 bits per heavy atom. The third-order valence-corrected chi connectivity index (χ3v) is 4.28. The summed E-state index contributed by atoms with van der Waals surface area (Å²) < 4.78 is 5.15. The lowest BCUT2D eigenvalue weighted by Crippen LogP contribution is -2.27. The Balaban J connectivity index is 1.46. The lowest BCUT2D eigenvalue weighted by Gasteiger charge is -2.11. The van der Waals surface area contributed by atoms with Crippen LogP contribution in [0.5, 0.6) is 5.88 Å². The van der Waals surface area contributed by atoms with Crippen molar-refractivity contribution in [2.75, 3.05) is 13.7 Å². The van der Waals surface area contributed by atoms with Gasteiger partial charge in [-0.3, -0.25) is 9.59 Å². The molecule has 0 unspecified atom stereocenters. The fraction of sp³-hybridized carbons (Fsp3) is 0.300. The molecule has 0 fully saturated rings.